The van der Waals surface area contributed by atoms with Crippen molar-refractivity contribution >= 4 is 5.91 Å². The van der Waals surface area contributed by atoms with Crippen molar-refractivity contribution in [2.45, 2.75) is 13.3 Å². The van der Waals surface area contributed by atoms with E-state index in [2.05, 4.69) is 24.4 Å². The fourth-order valence-corrected chi connectivity index (χ4v) is 1.95. The zero-order valence-electron chi connectivity index (χ0n) is 10.9. The molecule has 0 atom stereocenters. The molecule has 2 aromatic rings. The summed E-state index contributed by atoms with van der Waals surface area (Å²) in [6, 6.07) is 14.5. The molecule has 19 heavy (non-hydrogen) atoms. The van der Waals surface area contributed by atoms with Crippen LogP contribution in [-0.4, -0.2) is 17.6 Å². The fourth-order valence-electron chi connectivity index (χ4n) is 1.95. The number of hydrogen-bond acceptors (Lipinski definition) is 2. The van der Waals surface area contributed by atoms with Gasteiger partial charge in [0, 0.05) is 12.1 Å². The zero-order chi connectivity index (χ0) is 13.7. The van der Waals surface area contributed by atoms with Crippen LogP contribution in [0, 0.1) is 6.92 Å². The molecule has 0 radical (unpaired) electrons. The first-order valence-electron chi connectivity index (χ1n) is 6.28. The minimum atomic E-state index is -0.163. The Bertz CT molecular complexity index is 578. The minimum absolute atomic E-state index is 0.103. The van der Waals surface area contributed by atoms with Gasteiger partial charge in [0.25, 0.3) is 5.91 Å². The third-order valence-electron chi connectivity index (χ3n) is 3.05. The number of aryl methyl sites for hydroxylation is 1. The highest BCUT2D eigenvalue weighted by Gasteiger charge is 2.05. The van der Waals surface area contributed by atoms with E-state index >= 15 is 0 Å². The maximum atomic E-state index is 11.8. The molecule has 0 heterocycles. The maximum absolute atomic E-state index is 11.8. The Morgan fingerprint density at radius 1 is 1.16 bits per heavy atom. The summed E-state index contributed by atoms with van der Waals surface area (Å²) in [5, 5.41) is 12.2. The van der Waals surface area contributed by atoms with Crippen LogP contribution in [0.4, 0.5) is 0 Å². The maximum Gasteiger partial charge on any atom is 0.251 e. The van der Waals surface area contributed by atoms with Gasteiger partial charge in [-0.25, -0.2) is 0 Å². The Hall–Kier alpha value is -2.29. The predicted molar refractivity (Wildman–Crippen MR) is 75.3 cm³/mol. The highest BCUT2D eigenvalue weighted by molar-refractivity contribution is 5.94. The first-order chi connectivity index (χ1) is 9.16. The third-order valence-corrected chi connectivity index (χ3v) is 3.05. The van der Waals surface area contributed by atoms with Crippen LogP contribution in [0.3, 0.4) is 0 Å². The number of phenolic OH excluding ortho intramolecular Hbond substituents is 1. The molecule has 98 valence electrons. The third kappa shape index (κ3) is 3.58. The summed E-state index contributed by atoms with van der Waals surface area (Å²) in [7, 11) is 0. The Labute approximate surface area is 112 Å². The van der Waals surface area contributed by atoms with E-state index in [1.807, 2.05) is 12.1 Å². The monoisotopic (exact) mass is 255 g/mol. The van der Waals surface area contributed by atoms with Gasteiger partial charge >= 0.3 is 0 Å². The lowest BCUT2D eigenvalue weighted by molar-refractivity contribution is 0.0953. The van der Waals surface area contributed by atoms with E-state index in [1.54, 1.807) is 18.2 Å². The molecular formula is C16H17NO2. The van der Waals surface area contributed by atoms with Gasteiger partial charge in [-0.15, -0.1) is 0 Å². The molecule has 0 saturated carbocycles. The number of hydrogen-bond donors (Lipinski definition) is 2. The zero-order valence-corrected chi connectivity index (χ0v) is 10.9. The topological polar surface area (TPSA) is 49.3 Å². The lowest BCUT2D eigenvalue weighted by Gasteiger charge is -2.07. The van der Waals surface area contributed by atoms with Gasteiger partial charge in [-0.3, -0.25) is 4.79 Å². The Balaban J connectivity index is 1.90. The van der Waals surface area contributed by atoms with Gasteiger partial charge in [0.05, 0.1) is 0 Å². The lowest BCUT2D eigenvalue weighted by Crippen LogP contribution is -2.25. The quantitative estimate of drug-likeness (QED) is 0.882. The normalized spacial score (nSPS) is 10.2. The number of phenols is 1. The standard InChI is InChI=1S/C16H17NO2/c1-12-5-2-3-6-13(12)9-10-17-16(19)14-7-4-8-15(18)11-14/h2-8,11,18H,9-10H2,1H3,(H,17,19). The van der Waals surface area contributed by atoms with Crippen LogP contribution in [0.15, 0.2) is 48.5 Å². The summed E-state index contributed by atoms with van der Waals surface area (Å²) >= 11 is 0. The van der Waals surface area contributed by atoms with Gasteiger partial charge in [0.1, 0.15) is 5.75 Å². The Kier molecular flexibility index (Phi) is 4.18. The first kappa shape index (κ1) is 13.1. The van der Waals surface area contributed by atoms with E-state index in [9.17, 15) is 9.90 Å². The molecule has 2 rings (SSSR count). The van der Waals surface area contributed by atoms with E-state index in [0.717, 1.165) is 6.42 Å². The van der Waals surface area contributed by atoms with E-state index in [4.69, 9.17) is 0 Å². The minimum Gasteiger partial charge on any atom is -0.508 e. The second kappa shape index (κ2) is 6.05. The highest BCUT2D eigenvalue weighted by Crippen LogP contribution is 2.11. The summed E-state index contributed by atoms with van der Waals surface area (Å²) in [6.45, 7) is 2.64. The number of amides is 1. The Morgan fingerprint density at radius 3 is 2.68 bits per heavy atom. The predicted octanol–water partition coefficient (Wildman–Crippen LogP) is 2.67. The molecule has 0 bridgehead atoms. The number of aromatic hydroxyl groups is 1. The van der Waals surface area contributed by atoms with Crippen molar-refractivity contribution in [3.63, 3.8) is 0 Å². The number of carbonyl (C=O) groups excluding carboxylic acids is 1. The first-order valence-corrected chi connectivity index (χ1v) is 6.28. The summed E-state index contributed by atoms with van der Waals surface area (Å²) in [5.41, 5.74) is 2.94. The smallest absolute Gasteiger partial charge is 0.251 e. The fraction of sp³-hybridized carbons (Fsp3) is 0.188. The molecule has 0 fully saturated rings. The molecule has 2 aromatic carbocycles. The molecule has 0 aromatic heterocycles. The second-order valence-corrected chi connectivity index (χ2v) is 4.48. The van der Waals surface area contributed by atoms with Gasteiger partial charge in [0.2, 0.25) is 0 Å². The van der Waals surface area contributed by atoms with Crippen LogP contribution >= 0.6 is 0 Å². The van der Waals surface area contributed by atoms with Gasteiger partial charge in [-0.1, -0.05) is 30.3 Å². The van der Waals surface area contributed by atoms with Gasteiger partial charge in [-0.2, -0.15) is 0 Å². The average molecular weight is 255 g/mol. The number of benzene rings is 2. The Morgan fingerprint density at radius 2 is 1.95 bits per heavy atom. The summed E-state index contributed by atoms with van der Waals surface area (Å²) in [4.78, 5) is 11.8. The highest BCUT2D eigenvalue weighted by atomic mass is 16.3. The molecule has 0 aliphatic rings. The van der Waals surface area contributed by atoms with E-state index in [0.29, 0.717) is 12.1 Å². The van der Waals surface area contributed by atoms with Gasteiger partial charge in [0.15, 0.2) is 0 Å². The largest absolute Gasteiger partial charge is 0.508 e. The molecule has 2 N–H and O–H groups in total. The van der Waals surface area contributed by atoms with E-state index < -0.39 is 0 Å². The summed E-state index contributed by atoms with van der Waals surface area (Å²) in [5.74, 6) is -0.0592. The molecule has 0 aliphatic carbocycles. The molecule has 0 unspecified atom stereocenters. The van der Waals surface area contributed by atoms with Crippen molar-refractivity contribution in [2.75, 3.05) is 6.54 Å². The van der Waals surface area contributed by atoms with Crippen molar-refractivity contribution in [1.82, 2.24) is 5.32 Å². The van der Waals surface area contributed by atoms with Crippen LogP contribution in [0.1, 0.15) is 21.5 Å². The van der Waals surface area contributed by atoms with Crippen molar-refractivity contribution in [2.24, 2.45) is 0 Å². The molecule has 0 spiro atoms. The SMILES string of the molecule is Cc1ccccc1CCNC(=O)c1cccc(O)c1. The summed E-state index contributed by atoms with van der Waals surface area (Å²) in [6.07, 6.45) is 0.803. The van der Waals surface area contributed by atoms with Crippen LogP contribution in [-0.2, 0) is 6.42 Å². The molecule has 1 amide bonds. The van der Waals surface area contributed by atoms with Crippen LogP contribution in [0.2, 0.25) is 0 Å². The number of carbonyl (C=O) groups is 1. The molecular weight excluding hydrogens is 238 g/mol. The molecule has 0 saturated heterocycles. The average Bonchev–Trinajstić information content (AvgIpc) is 2.41. The van der Waals surface area contributed by atoms with Crippen LogP contribution < -0.4 is 5.32 Å². The second-order valence-electron chi connectivity index (χ2n) is 4.48. The van der Waals surface area contributed by atoms with E-state index in [1.165, 1.54) is 17.2 Å². The van der Waals surface area contributed by atoms with Crippen molar-refractivity contribution in [3.8, 4) is 5.75 Å². The molecule has 3 nitrogen and oxygen atoms in total. The van der Waals surface area contributed by atoms with Crippen molar-refractivity contribution < 1.29 is 9.90 Å². The number of rotatable bonds is 4. The van der Waals surface area contributed by atoms with Gasteiger partial charge < -0.3 is 10.4 Å². The summed E-state index contributed by atoms with van der Waals surface area (Å²) < 4.78 is 0. The van der Waals surface area contributed by atoms with Crippen molar-refractivity contribution in [1.29, 1.82) is 0 Å². The van der Waals surface area contributed by atoms with Crippen LogP contribution in [0.5, 0.6) is 5.75 Å². The van der Waals surface area contributed by atoms with E-state index in [-0.39, 0.29) is 11.7 Å². The van der Waals surface area contributed by atoms with Crippen LogP contribution in [0.25, 0.3) is 0 Å². The van der Waals surface area contributed by atoms with Crippen molar-refractivity contribution in [3.05, 3.63) is 65.2 Å². The molecule has 3 heteroatoms. The van der Waals surface area contributed by atoms with Gasteiger partial charge in [-0.05, 0) is 42.7 Å². The molecule has 0 aliphatic heterocycles. The number of nitrogens with one attached hydrogen (secondary N) is 1. The lowest BCUT2D eigenvalue weighted by atomic mass is 10.1.